The topological polar surface area (TPSA) is 58.3 Å². The number of aliphatic hydroxyl groups excluding tert-OH is 1. The van der Waals surface area contributed by atoms with Gasteiger partial charge in [0.2, 0.25) is 0 Å². The van der Waals surface area contributed by atoms with Gasteiger partial charge in [0.05, 0.1) is 12.6 Å². The number of para-hydroxylation sites is 1. The minimum atomic E-state index is 0.0231. The van der Waals surface area contributed by atoms with Gasteiger partial charge in [-0.1, -0.05) is 48.5 Å². The van der Waals surface area contributed by atoms with Crippen molar-refractivity contribution >= 4 is 5.69 Å². The van der Waals surface area contributed by atoms with Gasteiger partial charge in [-0.25, -0.2) is 0 Å². The Labute approximate surface area is 107 Å². The fourth-order valence-corrected chi connectivity index (χ4v) is 1.95. The van der Waals surface area contributed by atoms with Crippen LogP contribution in [-0.4, -0.2) is 11.7 Å². The van der Waals surface area contributed by atoms with Gasteiger partial charge < -0.3 is 16.2 Å². The molecule has 1 atom stereocenters. The second kappa shape index (κ2) is 6.19. The first-order valence-electron chi connectivity index (χ1n) is 6.05. The SMILES string of the molecule is NCC(Nc1ccccc1CO)c1ccccc1. The van der Waals surface area contributed by atoms with E-state index < -0.39 is 0 Å². The third kappa shape index (κ3) is 2.88. The summed E-state index contributed by atoms with van der Waals surface area (Å²) in [5, 5.41) is 12.7. The van der Waals surface area contributed by atoms with Crippen LogP contribution >= 0.6 is 0 Å². The molecule has 2 aromatic carbocycles. The first-order valence-corrected chi connectivity index (χ1v) is 6.05. The molecule has 0 saturated heterocycles. The Hall–Kier alpha value is -1.84. The van der Waals surface area contributed by atoms with Crippen molar-refractivity contribution in [1.82, 2.24) is 0 Å². The number of hydrogen-bond acceptors (Lipinski definition) is 3. The van der Waals surface area contributed by atoms with E-state index in [1.807, 2.05) is 54.6 Å². The second-order valence-corrected chi connectivity index (χ2v) is 4.16. The molecule has 0 aliphatic heterocycles. The third-order valence-corrected chi connectivity index (χ3v) is 2.96. The van der Waals surface area contributed by atoms with E-state index in [2.05, 4.69) is 5.32 Å². The maximum Gasteiger partial charge on any atom is 0.0701 e. The lowest BCUT2D eigenvalue weighted by atomic mass is 10.1. The van der Waals surface area contributed by atoms with Crippen LogP contribution in [0.15, 0.2) is 54.6 Å². The minimum absolute atomic E-state index is 0.0231. The molecular weight excluding hydrogens is 224 g/mol. The molecule has 1 unspecified atom stereocenters. The number of hydrogen-bond donors (Lipinski definition) is 3. The average Bonchev–Trinajstić information content (AvgIpc) is 2.46. The quantitative estimate of drug-likeness (QED) is 0.754. The molecule has 0 aliphatic rings. The summed E-state index contributed by atoms with van der Waals surface area (Å²) >= 11 is 0. The number of nitrogens with one attached hydrogen (secondary N) is 1. The maximum absolute atomic E-state index is 9.30. The van der Waals surface area contributed by atoms with Gasteiger partial charge in [0.1, 0.15) is 0 Å². The molecule has 0 radical (unpaired) electrons. The maximum atomic E-state index is 9.30. The van der Waals surface area contributed by atoms with Crippen LogP contribution in [0, 0.1) is 0 Å². The van der Waals surface area contributed by atoms with Gasteiger partial charge in [-0.15, -0.1) is 0 Å². The standard InChI is InChI=1S/C15H18N2O/c16-10-15(12-6-2-1-3-7-12)17-14-9-5-4-8-13(14)11-18/h1-9,15,17-18H,10-11,16H2. The molecule has 0 aliphatic carbocycles. The lowest BCUT2D eigenvalue weighted by Gasteiger charge is -2.20. The van der Waals surface area contributed by atoms with Crippen molar-refractivity contribution in [1.29, 1.82) is 0 Å². The summed E-state index contributed by atoms with van der Waals surface area (Å²) in [7, 11) is 0. The molecule has 0 aromatic heterocycles. The zero-order valence-electron chi connectivity index (χ0n) is 10.2. The zero-order chi connectivity index (χ0) is 12.8. The smallest absolute Gasteiger partial charge is 0.0701 e. The van der Waals surface area contributed by atoms with E-state index in [-0.39, 0.29) is 12.6 Å². The van der Waals surface area contributed by atoms with Crippen molar-refractivity contribution in [3.63, 3.8) is 0 Å². The highest BCUT2D eigenvalue weighted by Crippen LogP contribution is 2.21. The third-order valence-electron chi connectivity index (χ3n) is 2.96. The number of rotatable bonds is 5. The van der Waals surface area contributed by atoms with Crippen molar-refractivity contribution in [2.24, 2.45) is 5.73 Å². The fraction of sp³-hybridized carbons (Fsp3) is 0.200. The summed E-state index contributed by atoms with van der Waals surface area (Å²) in [4.78, 5) is 0. The van der Waals surface area contributed by atoms with Crippen LogP contribution in [0.4, 0.5) is 5.69 Å². The molecule has 0 spiro atoms. The normalized spacial score (nSPS) is 12.1. The van der Waals surface area contributed by atoms with Gasteiger partial charge in [0.15, 0.2) is 0 Å². The number of benzene rings is 2. The Morgan fingerprint density at radius 3 is 2.33 bits per heavy atom. The fourth-order valence-electron chi connectivity index (χ4n) is 1.95. The van der Waals surface area contributed by atoms with Crippen molar-refractivity contribution in [2.75, 3.05) is 11.9 Å². The summed E-state index contributed by atoms with van der Waals surface area (Å²) < 4.78 is 0. The van der Waals surface area contributed by atoms with Gasteiger partial charge in [-0.05, 0) is 11.6 Å². The number of anilines is 1. The van der Waals surface area contributed by atoms with Crippen LogP contribution in [0.5, 0.6) is 0 Å². The first kappa shape index (κ1) is 12.6. The van der Waals surface area contributed by atoms with Crippen LogP contribution in [0.25, 0.3) is 0 Å². The zero-order valence-corrected chi connectivity index (χ0v) is 10.2. The first-order chi connectivity index (χ1) is 8.85. The molecule has 2 aromatic rings. The molecule has 94 valence electrons. The van der Waals surface area contributed by atoms with Crippen LogP contribution in [-0.2, 0) is 6.61 Å². The van der Waals surface area contributed by atoms with E-state index in [0.717, 1.165) is 16.8 Å². The Morgan fingerprint density at radius 1 is 1.00 bits per heavy atom. The summed E-state index contributed by atoms with van der Waals surface area (Å²) in [6.45, 7) is 0.527. The minimum Gasteiger partial charge on any atom is -0.392 e. The molecule has 3 nitrogen and oxygen atoms in total. The molecule has 2 rings (SSSR count). The van der Waals surface area contributed by atoms with E-state index in [1.165, 1.54) is 0 Å². The molecule has 0 amide bonds. The summed E-state index contributed by atoms with van der Waals surface area (Å²) in [6, 6.07) is 17.8. The molecular formula is C15H18N2O. The monoisotopic (exact) mass is 242 g/mol. The highest BCUT2D eigenvalue weighted by atomic mass is 16.3. The van der Waals surface area contributed by atoms with Crippen molar-refractivity contribution in [2.45, 2.75) is 12.6 Å². The molecule has 18 heavy (non-hydrogen) atoms. The van der Waals surface area contributed by atoms with E-state index in [4.69, 9.17) is 5.73 Å². The van der Waals surface area contributed by atoms with Crippen LogP contribution in [0.1, 0.15) is 17.2 Å². The van der Waals surface area contributed by atoms with Gasteiger partial charge in [0, 0.05) is 17.8 Å². The Kier molecular flexibility index (Phi) is 4.34. The summed E-state index contributed by atoms with van der Waals surface area (Å²) in [5.41, 5.74) is 8.78. The van der Waals surface area contributed by atoms with Crippen LogP contribution in [0.2, 0.25) is 0 Å². The summed E-state index contributed by atoms with van der Waals surface area (Å²) in [5.74, 6) is 0. The van der Waals surface area contributed by atoms with E-state index >= 15 is 0 Å². The van der Waals surface area contributed by atoms with Crippen molar-refractivity contribution in [3.8, 4) is 0 Å². The van der Waals surface area contributed by atoms with Gasteiger partial charge >= 0.3 is 0 Å². The average molecular weight is 242 g/mol. The highest BCUT2D eigenvalue weighted by Gasteiger charge is 2.10. The molecule has 0 heterocycles. The molecule has 0 fully saturated rings. The van der Waals surface area contributed by atoms with Gasteiger partial charge in [-0.2, -0.15) is 0 Å². The number of aliphatic hydroxyl groups is 1. The van der Waals surface area contributed by atoms with Gasteiger partial charge in [0.25, 0.3) is 0 Å². The van der Waals surface area contributed by atoms with Crippen molar-refractivity contribution < 1.29 is 5.11 Å². The summed E-state index contributed by atoms with van der Waals surface area (Å²) in [6.07, 6.45) is 0. The van der Waals surface area contributed by atoms with Crippen LogP contribution < -0.4 is 11.1 Å². The lowest BCUT2D eigenvalue weighted by molar-refractivity contribution is 0.282. The molecule has 0 bridgehead atoms. The Balaban J connectivity index is 2.21. The highest BCUT2D eigenvalue weighted by molar-refractivity contribution is 5.52. The van der Waals surface area contributed by atoms with Gasteiger partial charge in [-0.3, -0.25) is 0 Å². The largest absolute Gasteiger partial charge is 0.392 e. The Bertz CT molecular complexity index is 485. The lowest BCUT2D eigenvalue weighted by Crippen LogP contribution is -2.21. The van der Waals surface area contributed by atoms with E-state index in [0.29, 0.717) is 6.54 Å². The second-order valence-electron chi connectivity index (χ2n) is 4.16. The van der Waals surface area contributed by atoms with Crippen LogP contribution in [0.3, 0.4) is 0 Å². The molecule has 0 saturated carbocycles. The predicted octanol–water partition coefficient (Wildman–Crippen LogP) is 2.29. The van der Waals surface area contributed by atoms with Crippen molar-refractivity contribution in [3.05, 3.63) is 65.7 Å². The number of nitrogens with two attached hydrogens (primary N) is 1. The van der Waals surface area contributed by atoms with E-state index in [9.17, 15) is 5.11 Å². The molecule has 3 heteroatoms. The Morgan fingerprint density at radius 2 is 1.67 bits per heavy atom. The van der Waals surface area contributed by atoms with E-state index in [1.54, 1.807) is 0 Å². The molecule has 4 N–H and O–H groups in total. The predicted molar refractivity (Wildman–Crippen MR) is 74.2 cm³/mol.